The zero-order valence-corrected chi connectivity index (χ0v) is 16.2. The van der Waals surface area contributed by atoms with Crippen LogP contribution in [0, 0.1) is 12.8 Å². The summed E-state index contributed by atoms with van der Waals surface area (Å²) >= 11 is 0. The molecule has 0 saturated heterocycles. The van der Waals surface area contributed by atoms with Crippen molar-refractivity contribution in [1.29, 1.82) is 0 Å². The maximum absolute atomic E-state index is 12.2. The first-order valence-corrected chi connectivity index (χ1v) is 9.61. The van der Waals surface area contributed by atoms with Gasteiger partial charge in [0.05, 0.1) is 17.6 Å². The molecule has 1 aliphatic heterocycles. The van der Waals surface area contributed by atoms with E-state index in [1.54, 1.807) is 0 Å². The Hall–Kier alpha value is -2.82. The summed E-state index contributed by atoms with van der Waals surface area (Å²) in [4.78, 5) is 19.3. The third-order valence-corrected chi connectivity index (χ3v) is 5.11. The number of benzene rings is 2. The number of rotatable bonds is 4. The van der Waals surface area contributed by atoms with E-state index in [1.807, 2.05) is 13.0 Å². The van der Waals surface area contributed by atoms with Gasteiger partial charge in [-0.15, -0.1) is 0 Å². The van der Waals surface area contributed by atoms with Crippen molar-refractivity contribution >= 4 is 28.3 Å². The van der Waals surface area contributed by atoms with Crippen LogP contribution in [0.3, 0.4) is 0 Å². The second-order valence-corrected chi connectivity index (χ2v) is 7.74. The van der Waals surface area contributed by atoms with Gasteiger partial charge in [0.2, 0.25) is 5.91 Å². The summed E-state index contributed by atoms with van der Waals surface area (Å²) in [5.41, 5.74) is 5.37. The summed E-state index contributed by atoms with van der Waals surface area (Å²) in [7, 11) is 0. The van der Waals surface area contributed by atoms with Gasteiger partial charge >= 0.3 is 0 Å². The molecule has 0 aliphatic carbocycles. The fraction of sp³-hybridized carbons (Fsp3) is 0.364. The number of carbonyl (C=O) groups is 1. The average molecular weight is 362 g/mol. The van der Waals surface area contributed by atoms with Gasteiger partial charge in [-0.05, 0) is 42.7 Å². The Bertz CT molecular complexity index is 989. The molecule has 0 radical (unpaired) electrons. The van der Waals surface area contributed by atoms with Gasteiger partial charge < -0.3 is 14.8 Å². The van der Waals surface area contributed by atoms with E-state index in [4.69, 9.17) is 4.98 Å². The van der Waals surface area contributed by atoms with Gasteiger partial charge in [0.1, 0.15) is 5.82 Å². The van der Waals surface area contributed by atoms with Gasteiger partial charge in [-0.25, -0.2) is 4.98 Å². The summed E-state index contributed by atoms with van der Waals surface area (Å²) in [5.74, 6) is 1.52. The minimum atomic E-state index is 0.0747. The highest BCUT2D eigenvalue weighted by molar-refractivity contribution is 5.92. The lowest BCUT2D eigenvalue weighted by Crippen LogP contribution is -2.33. The number of anilines is 2. The standard InChI is InChI=1S/C22H26N4O/c1-15(2)12-22(27)24-19-13-17(9-8-16(19)3)25-10-11-26-20-7-5-4-6-18(20)23-21(26)14-25/h4-9,13,15H,10-12,14H2,1-3H3,(H,24,27). The van der Waals surface area contributed by atoms with E-state index in [0.717, 1.165) is 47.9 Å². The molecular weight excluding hydrogens is 336 g/mol. The molecule has 4 rings (SSSR count). The van der Waals surface area contributed by atoms with E-state index < -0.39 is 0 Å². The first-order chi connectivity index (χ1) is 13.0. The predicted octanol–water partition coefficient (Wildman–Crippen LogP) is 4.35. The van der Waals surface area contributed by atoms with E-state index in [-0.39, 0.29) is 5.91 Å². The lowest BCUT2D eigenvalue weighted by atomic mass is 10.1. The molecule has 1 amide bonds. The van der Waals surface area contributed by atoms with Crippen molar-refractivity contribution in [3.8, 4) is 0 Å². The minimum Gasteiger partial charge on any atom is -0.362 e. The molecule has 1 aliphatic rings. The molecule has 1 aromatic heterocycles. The normalized spacial score (nSPS) is 13.9. The summed E-state index contributed by atoms with van der Waals surface area (Å²) < 4.78 is 2.31. The highest BCUT2D eigenvalue weighted by Gasteiger charge is 2.20. The van der Waals surface area contributed by atoms with Crippen molar-refractivity contribution < 1.29 is 4.79 Å². The molecule has 0 fully saturated rings. The number of para-hydroxylation sites is 2. The Morgan fingerprint density at radius 1 is 1.19 bits per heavy atom. The number of amides is 1. The van der Waals surface area contributed by atoms with Crippen LogP contribution in [0.2, 0.25) is 0 Å². The van der Waals surface area contributed by atoms with Crippen LogP contribution >= 0.6 is 0 Å². The van der Waals surface area contributed by atoms with Gasteiger partial charge in [0, 0.05) is 30.9 Å². The Balaban J connectivity index is 1.57. The van der Waals surface area contributed by atoms with Crippen LogP contribution in [0.5, 0.6) is 0 Å². The maximum Gasteiger partial charge on any atom is 0.224 e. The smallest absolute Gasteiger partial charge is 0.224 e. The third-order valence-electron chi connectivity index (χ3n) is 5.11. The maximum atomic E-state index is 12.2. The zero-order chi connectivity index (χ0) is 19.0. The molecule has 0 unspecified atom stereocenters. The number of aryl methyl sites for hydroxylation is 1. The van der Waals surface area contributed by atoms with Crippen molar-refractivity contribution in [2.75, 3.05) is 16.8 Å². The second kappa shape index (κ2) is 7.06. The molecule has 27 heavy (non-hydrogen) atoms. The van der Waals surface area contributed by atoms with Crippen LogP contribution in [0.25, 0.3) is 11.0 Å². The third kappa shape index (κ3) is 3.54. The lowest BCUT2D eigenvalue weighted by Gasteiger charge is -2.30. The number of nitrogens with zero attached hydrogens (tertiary/aromatic N) is 3. The minimum absolute atomic E-state index is 0.0747. The Kier molecular flexibility index (Phi) is 4.60. The van der Waals surface area contributed by atoms with Gasteiger partial charge in [0.15, 0.2) is 0 Å². The molecule has 140 valence electrons. The van der Waals surface area contributed by atoms with Crippen LogP contribution < -0.4 is 10.2 Å². The van der Waals surface area contributed by atoms with Crippen molar-refractivity contribution in [2.45, 2.75) is 40.3 Å². The molecule has 1 N–H and O–H groups in total. The fourth-order valence-corrected chi connectivity index (χ4v) is 3.70. The molecule has 0 atom stereocenters. The molecule has 5 heteroatoms. The van der Waals surface area contributed by atoms with Gasteiger partial charge in [0.25, 0.3) is 0 Å². The predicted molar refractivity (Wildman–Crippen MR) is 110 cm³/mol. The van der Waals surface area contributed by atoms with Crippen molar-refractivity contribution in [1.82, 2.24) is 9.55 Å². The first-order valence-electron chi connectivity index (χ1n) is 9.61. The molecule has 5 nitrogen and oxygen atoms in total. The average Bonchev–Trinajstić information content (AvgIpc) is 3.00. The first kappa shape index (κ1) is 17.6. The Morgan fingerprint density at radius 2 is 2.00 bits per heavy atom. The van der Waals surface area contributed by atoms with Crippen LogP contribution in [0.4, 0.5) is 11.4 Å². The largest absolute Gasteiger partial charge is 0.362 e. The molecule has 0 bridgehead atoms. The van der Waals surface area contributed by atoms with E-state index in [0.29, 0.717) is 12.3 Å². The highest BCUT2D eigenvalue weighted by Crippen LogP contribution is 2.28. The van der Waals surface area contributed by atoms with Crippen molar-refractivity contribution in [3.63, 3.8) is 0 Å². The van der Waals surface area contributed by atoms with Crippen LogP contribution in [0.15, 0.2) is 42.5 Å². The monoisotopic (exact) mass is 362 g/mol. The number of nitrogens with one attached hydrogen (secondary N) is 1. The van der Waals surface area contributed by atoms with Crippen molar-refractivity contribution in [2.24, 2.45) is 5.92 Å². The highest BCUT2D eigenvalue weighted by atomic mass is 16.1. The Labute approximate surface area is 160 Å². The topological polar surface area (TPSA) is 50.2 Å². The Morgan fingerprint density at radius 3 is 2.81 bits per heavy atom. The molecule has 0 saturated carbocycles. The molecule has 2 heterocycles. The summed E-state index contributed by atoms with van der Waals surface area (Å²) in [5, 5.41) is 3.08. The SMILES string of the molecule is Cc1ccc(N2CCn3c(nc4ccccc43)C2)cc1NC(=O)CC(C)C. The lowest BCUT2D eigenvalue weighted by molar-refractivity contribution is -0.116. The number of carbonyl (C=O) groups excluding carboxylic acids is 1. The molecule has 3 aromatic rings. The van der Waals surface area contributed by atoms with Crippen LogP contribution in [0.1, 0.15) is 31.7 Å². The fourth-order valence-electron chi connectivity index (χ4n) is 3.70. The van der Waals surface area contributed by atoms with Crippen LogP contribution in [-0.2, 0) is 17.9 Å². The number of hydrogen-bond acceptors (Lipinski definition) is 3. The van der Waals surface area contributed by atoms with Gasteiger partial charge in [-0.3, -0.25) is 4.79 Å². The number of aromatic nitrogens is 2. The number of imidazole rings is 1. The summed E-state index contributed by atoms with van der Waals surface area (Å²) in [6, 6.07) is 14.6. The number of hydrogen-bond donors (Lipinski definition) is 1. The zero-order valence-electron chi connectivity index (χ0n) is 16.2. The van der Waals surface area contributed by atoms with E-state index in [9.17, 15) is 4.79 Å². The van der Waals surface area contributed by atoms with E-state index >= 15 is 0 Å². The molecule has 2 aromatic carbocycles. The molecule has 0 spiro atoms. The quantitative estimate of drug-likeness (QED) is 0.751. The van der Waals surface area contributed by atoms with Crippen molar-refractivity contribution in [3.05, 3.63) is 53.9 Å². The molecular formula is C22H26N4O. The van der Waals surface area contributed by atoms with E-state index in [1.165, 1.54) is 5.52 Å². The second-order valence-electron chi connectivity index (χ2n) is 7.74. The van der Waals surface area contributed by atoms with Gasteiger partial charge in [-0.1, -0.05) is 32.0 Å². The van der Waals surface area contributed by atoms with Gasteiger partial charge in [-0.2, -0.15) is 0 Å². The van der Waals surface area contributed by atoms with E-state index in [2.05, 4.69) is 65.0 Å². The summed E-state index contributed by atoms with van der Waals surface area (Å²) in [6.07, 6.45) is 0.539. The van der Waals surface area contributed by atoms with Crippen LogP contribution in [-0.4, -0.2) is 22.0 Å². The summed E-state index contributed by atoms with van der Waals surface area (Å²) in [6.45, 7) is 8.77. The number of fused-ring (bicyclic) bond motifs is 3.